The molecule has 26 heavy (non-hydrogen) atoms. The van der Waals surface area contributed by atoms with Crippen molar-refractivity contribution in [3.8, 4) is 0 Å². The Labute approximate surface area is 148 Å². The number of hydrogen-bond donors (Lipinski definition) is 2. The monoisotopic (exact) mass is 351 g/mol. The first kappa shape index (κ1) is 15.2. The van der Waals surface area contributed by atoms with Crippen LogP contribution in [0.25, 0.3) is 0 Å². The molecule has 7 heteroatoms. The van der Waals surface area contributed by atoms with E-state index >= 15 is 0 Å². The molecule has 1 fully saturated rings. The van der Waals surface area contributed by atoms with E-state index in [1.54, 1.807) is 4.57 Å². The van der Waals surface area contributed by atoms with Gasteiger partial charge < -0.3 is 10.1 Å². The first-order valence-electron chi connectivity index (χ1n) is 8.67. The van der Waals surface area contributed by atoms with Crippen LogP contribution in [-0.4, -0.2) is 22.1 Å². The van der Waals surface area contributed by atoms with Crippen LogP contribution in [0.1, 0.15) is 41.5 Å². The number of ether oxygens (including phenoxy) is 1. The van der Waals surface area contributed by atoms with Crippen LogP contribution < -0.4 is 16.6 Å². The Morgan fingerprint density at radius 1 is 1.12 bits per heavy atom. The first-order chi connectivity index (χ1) is 12.5. The molecule has 0 bridgehead atoms. The molecule has 3 aliphatic rings. The Kier molecular flexibility index (Phi) is 3.04. The van der Waals surface area contributed by atoms with E-state index in [0.717, 1.165) is 24.0 Å². The van der Waals surface area contributed by atoms with Crippen LogP contribution in [0.4, 0.5) is 5.82 Å². The van der Waals surface area contributed by atoms with Crippen molar-refractivity contribution in [3.05, 3.63) is 73.1 Å². The summed E-state index contributed by atoms with van der Waals surface area (Å²) in [5.41, 5.74) is 2.52. The van der Waals surface area contributed by atoms with Gasteiger partial charge in [0, 0.05) is 6.04 Å². The maximum atomic E-state index is 12.7. The largest absolute Gasteiger partial charge is 0.456 e. The Balaban J connectivity index is 1.81. The summed E-state index contributed by atoms with van der Waals surface area (Å²) in [6.07, 6.45) is 1.80. The van der Waals surface area contributed by atoms with Gasteiger partial charge >= 0.3 is 11.7 Å². The number of rotatable bonds is 2. The summed E-state index contributed by atoms with van der Waals surface area (Å²) in [5, 5.41) is 3.15. The molecule has 2 aliphatic heterocycles. The van der Waals surface area contributed by atoms with Gasteiger partial charge in [-0.3, -0.25) is 14.3 Å². The van der Waals surface area contributed by atoms with Gasteiger partial charge in [-0.1, -0.05) is 29.8 Å². The number of aromatic amines is 1. The smallest absolute Gasteiger partial charge is 0.337 e. The molecule has 1 aromatic heterocycles. The van der Waals surface area contributed by atoms with Gasteiger partial charge in [-0.25, -0.2) is 9.59 Å². The van der Waals surface area contributed by atoms with Crippen molar-refractivity contribution >= 4 is 11.8 Å². The van der Waals surface area contributed by atoms with E-state index in [0.29, 0.717) is 22.7 Å². The van der Waals surface area contributed by atoms with E-state index in [9.17, 15) is 14.4 Å². The maximum absolute atomic E-state index is 12.7. The number of aromatic nitrogens is 2. The molecule has 2 aromatic rings. The van der Waals surface area contributed by atoms with Crippen LogP contribution >= 0.6 is 0 Å². The minimum absolute atomic E-state index is 0.0828. The van der Waals surface area contributed by atoms with Crippen molar-refractivity contribution in [2.75, 3.05) is 11.9 Å². The molecule has 7 nitrogen and oxygen atoms in total. The SMILES string of the molecule is Cc1ccc(C2C3=C(COC3=O)Nc3c2c(=O)[nH]c(=O)n3C2CC2)cc1. The molecule has 1 atom stereocenters. The molecule has 0 saturated heterocycles. The fourth-order valence-corrected chi connectivity index (χ4v) is 3.83. The van der Waals surface area contributed by atoms with E-state index in [2.05, 4.69) is 10.3 Å². The number of nitrogens with one attached hydrogen (secondary N) is 2. The number of carbonyl (C=O) groups is 1. The number of benzene rings is 1. The minimum Gasteiger partial charge on any atom is -0.456 e. The highest BCUT2D eigenvalue weighted by molar-refractivity contribution is 5.96. The molecule has 2 N–H and O–H groups in total. The second-order valence-electron chi connectivity index (χ2n) is 7.06. The molecule has 1 aromatic carbocycles. The van der Waals surface area contributed by atoms with Gasteiger partial charge in [0.25, 0.3) is 5.56 Å². The summed E-state index contributed by atoms with van der Waals surface area (Å²) in [6.45, 7) is 2.11. The Morgan fingerprint density at radius 2 is 1.85 bits per heavy atom. The second kappa shape index (κ2) is 5.20. The molecule has 1 saturated carbocycles. The van der Waals surface area contributed by atoms with Crippen molar-refractivity contribution in [2.45, 2.75) is 31.7 Å². The summed E-state index contributed by atoms with van der Waals surface area (Å²) in [7, 11) is 0. The molecule has 5 rings (SSSR count). The highest BCUT2D eigenvalue weighted by Crippen LogP contribution is 2.45. The quantitative estimate of drug-likeness (QED) is 0.801. The van der Waals surface area contributed by atoms with Crippen LogP contribution in [-0.2, 0) is 9.53 Å². The summed E-state index contributed by atoms with van der Waals surface area (Å²) < 4.78 is 6.83. The molecule has 1 aliphatic carbocycles. The van der Waals surface area contributed by atoms with E-state index in [-0.39, 0.29) is 12.6 Å². The third-order valence-corrected chi connectivity index (χ3v) is 5.24. The van der Waals surface area contributed by atoms with Gasteiger partial charge in [-0.05, 0) is 25.3 Å². The number of cyclic esters (lactones) is 1. The van der Waals surface area contributed by atoms with E-state index < -0.39 is 23.1 Å². The topological polar surface area (TPSA) is 93.2 Å². The summed E-state index contributed by atoms with van der Waals surface area (Å²) in [5.74, 6) is -0.484. The number of nitrogens with zero attached hydrogens (tertiary/aromatic N) is 1. The third-order valence-electron chi connectivity index (χ3n) is 5.24. The van der Waals surface area contributed by atoms with E-state index in [1.165, 1.54) is 0 Å². The number of H-pyrrole nitrogens is 1. The Bertz CT molecular complexity index is 1090. The molecule has 132 valence electrons. The van der Waals surface area contributed by atoms with Crippen molar-refractivity contribution in [3.63, 3.8) is 0 Å². The molecule has 0 amide bonds. The number of anilines is 1. The summed E-state index contributed by atoms with van der Waals surface area (Å²) in [6, 6.07) is 7.81. The standard InChI is InChI=1S/C19H17N3O4/c1-9-2-4-10(5-3-9)13-14-12(8-26-18(14)24)20-16-15(13)17(23)21-19(25)22(16)11-6-7-11/h2-5,11,13,20H,6-8H2,1H3,(H,21,23,25). The maximum Gasteiger partial charge on any atom is 0.337 e. The van der Waals surface area contributed by atoms with Crippen LogP contribution in [0.5, 0.6) is 0 Å². The fraction of sp³-hybridized carbons (Fsp3) is 0.316. The second-order valence-corrected chi connectivity index (χ2v) is 7.06. The lowest BCUT2D eigenvalue weighted by atomic mass is 9.82. The van der Waals surface area contributed by atoms with Crippen molar-refractivity contribution in [2.24, 2.45) is 0 Å². The normalized spacial score (nSPS) is 21.1. The van der Waals surface area contributed by atoms with Crippen LogP contribution in [0, 0.1) is 6.92 Å². The predicted molar refractivity (Wildman–Crippen MR) is 94.2 cm³/mol. The number of aryl methyl sites for hydroxylation is 1. The zero-order chi connectivity index (χ0) is 18.0. The molecule has 3 heterocycles. The van der Waals surface area contributed by atoms with Crippen molar-refractivity contribution in [1.82, 2.24) is 9.55 Å². The van der Waals surface area contributed by atoms with Crippen LogP contribution in [0.3, 0.4) is 0 Å². The van der Waals surface area contributed by atoms with E-state index in [4.69, 9.17) is 4.74 Å². The molecule has 0 radical (unpaired) electrons. The van der Waals surface area contributed by atoms with Gasteiger partial charge in [0.05, 0.1) is 22.8 Å². The van der Waals surface area contributed by atoms with Crippen molar-refractivity contribution < 1.29 is 9.53 Å². The average Bonchev–Trinajstić information content (AvgIpc) is 3.37. The average molecular weight is 351 g/mol. The number of carbonyl (C=O) groups excluding carboxylic acids is 1. The zero-order valence-corrected chi connectivity index (χ0v) is 14.2. The van der Waals surface area contributed by atoms with Gasteiger partial charge in [0.15, 0.2) is 0 Å². The lowest BCUT2D eigenvalue weighted by molar-refractivity contribution is -0.136. The van der Waals surface area contributed by atoms with Gasteiger partial charge in [-0.2, -0.15) is 0 Å². The molecular weight excluding hydrogens is 334 g/mol. The predicted octanol–water partition coefficient (Wildman–Crippen LogP) is 1.55. The number of esters is 1. The molecule has 1 unspecified atom stereocenters. The summed E-state index contributed by atoms with van der Waals surface area (Å²) >= 11 is 0. The molecular formula is C19H17N3O4. The zero-order valence-electron chi connectivity index (χ0n) is 14.2. The third kappa shape index (κ3) is 2.09. The molecule has 0 spiro atoms. The highest BCUT2D eigenvalue weighted by atomic mass is 16.5. The van der Waals surface area contributed by atoms with Gasteiger partial charge in [0.2, 0.25) is 0 Å². The Morgan fingerprint density at radius 3 is 2.54 bits per heavy atom. The Hall–Kier alpha value is -3.09. The van der Waals surface area contributed by atoms with Crippen molar-refractivity contribution in [1.29, 1.82) is 0 Å². The lowest BCUT2D eigenvalue weighted by Gasteiger charge is -2.28. The van der Waals surface area contributed by atoms with Gasteiger partial charge in [0.1, 0.15) is 12.4 Å². The lowest BCUT2D eigenvalue weighted by Crippen LogP contribution is -2.38. The van der Waals surface area contributed by atoms with Crippen LogP contribution in [0.15, 0.2) is 45.1 Å². The van der Waals surface area contributed by atoms with E-state index in [1.807, 2.05) is 31.2 Å². The van der Waals surface area contributed by atoms with Crippen LogP contribution in [0.2, 0.25) is 0 Å². The minimum atomic E-state index is -0.550. The number of fused-ring (bicyclic) bond motifs is 1. The summed E-state index contributed by atoms with van der Waals surface area (Å²) in [4.78, 5) is 39.9. The number of hydrogen-bond acceptors (Lipinski definition) is 5. The first-order valence-corrected chi connectivity index (χ1v) is 8.67. The van der Waals surface area contributed by atoms with Gasteiger partial charge in [-0.15, -0.1) is 0 Å². The fourth-order valence-electron chi connectivity index (χ4n) is 3.83. The highest BCUT2D eigenvalue weighted by Gasteiger charge is 2.42.